The quantitative estimate of drug-likeness (QED) is 0.141. The van der Waals surface area contributed by atoms with Crippen LogP contribution < -0.4 is 0 Å². The molecule has 4 nitrogen and oxygen atoms in total. The molecule has 4 heteroatoms. The number of benzene rings is 1. The van der Waals surface area contributed by atoms with Crippen molar-refractivity contribution in [2.45, 2.75) is 77.4 Å². The molecule has 0 aliphatic carbocycles. The average molecular weight is 488 g/mol. The van der Waals surface area contributed by atoms with Crippen LogP contribution in [0.25, 0.3) is 0 Å². The third kappa shape index (κ3) is 10.9. The Balaban J connectivity index is 1.62. The highest BCUT2D eigenvalue weighted by Gasteiger charge is 2.42. The number of carbonyl (C=O) groups excluding carboxylic acids is 2. The number of ether oxygens (including phenoxy) is 1. The average Bonchev–Trinajstić information content (AvgIpc) is 3.19. The number of hydrogen-bond donors (Lipinski definition) is 0. The van der Waals surface area contributed by atoms with E-state index in [2.05, 4.69) is 19.1 Å². The SMILES string of the molecule is CCCCCCCCC/C=C/C=C/C=C/C=C/C=C/C=C/C(=O)N1C(=O)O[C@H](c2ccccc2)[C@@H]1C. The van der Waals surface area contributed by atoms with Gasteiger partial charge in [-0.05, 0) is 25.3 Å². The van der Waals surface area contributed by atoms with Crippen LogP contribution >= 0.6 is 0 Å². The van der Waals surface area contributed by atoms with Crippen LogP contribution in [0.2, 0.25) is 0 Å². The van der Waals surface area contributed by atoms with Crippen molar-refractivity contribution in [3.8, 4) is 0 Å². The van der Waals surface area contributed by atoms with Gasteiger partial charge in [0.1, 0.15) is 6.10 Å². The van der Waals surface area contributed by atoms with E-state index in [9.17, 15) is 9.59 Å². The largest absolute Gasteiger partial charge is 0.439 e. The Hall–Kier alpha value is -3.40. The molecule has 1 aliphatic rings. The monoisotopic (exact) mass is 487 g/mol. The van der Waals surface area contributed by atoms with Crippen LogP contribution in [0.15, 0.2) is 103 Å². The van der Waals surface area contributed by atoms with E-state index in [0.717, 1.165) is 16.9 Å². The number of imide groups is 1. The van der Waals surface area contributed by atoms with E-state index in [0.29, 0.717) is 0 Å². The Morgan fingerprint density at radius 1 is 0.806 bits per heavy atom. The van der Waals surface area contributed by atoms with Crippen LogP contribution in [0.4, 0.5) is 4.79 Å². The lowest BCUT2D eigenvalue weighted by Gasteiger charge is -2.17. The number of nitrogens with zero attached hydrogens (tertiary/aromatic N) is 1. The van der Waals surface area contributed by atoms with Crippen molar-refractivity contribution < 1.29 is 14.3 Å². The van der Waals surface area contributed by atoms with Gasteiger partial charge in [0.05, 0.1) is 6.04 Å². The second-order valence-electron chi connectivity index (χ2n) is 8.90. The Labute approximate surface area is 217 Å². The summed E-state index contributed by atoms with van der Waals surface area (Å²) in [4.78, 5) is 25.9. The van der Waals surface area contributed by atoms with E-state index in [1.165, 1.54) is 51.0 Å². The van der Waals surface area contributed by atoms with Gasteiger partial charge < -0.3 is 4.74 Å². The molecule has 1 saturated heterocycles. The number of hydrogen-bond acceptors (Lipinski definition) is 3. The summed E-state index contributed by atoms with van der Waals surface area (Å²) in [5.41, 5.74) is 0.880. The lowest BCUT2D eigenvalue weighted by molar-refractivity contribution is -0.124. The molecule has 36 heavy (non-hydrogen) atoms. The third-order valence-electron chi connectivity index (χ3n) is 5.98. The molecular weight excluding hydrogens is 446 g/mol. The first kappa shape index (κ1) is 28.8. The summed E-state index contributed by atoms with van der Waals surface area (Å²) in [6, 6.07) is 9.10. The van der Waals surface area contributed by atoms with Crippen molar-refractivity contribution in [2.75, 3.05) is 0 Å². The van der Waals surface area contributed by atoms with Crippen molar-refractivity contribution in [1.29, 1.82) is 0 Å². The van der Waals surface area contributed by atoms with Gasteiger partial charge in [-0.1, -0.05) is 143 Å². The smallest absolute Gasteiger partial charge is 0.417 e. The Morgan fingerprint density at radius 3 is 2.00 bits per heavy atom. The summed E-state index contributed by atoms with van der Waals surface area (Å²) >= 11 is 0. The number of allylic oxidation sites excluding steroid dienone is 11. The molecule has 0 unspecified atom stereocenters. The molecule has 1 heterocycles. The number of rotatable bonds is 15. The van der Waals surface area contributed by atoms with E-state index in [1.807, 2.05) is 79.8 Å². The highest BCUT2D eigenvalue weighted by Crippen LogP contribution is 2.32. The van der Waals surface area contributed by atoms with Gasteiger partial charge in [-0.2, -0.15) is 0 Å². The topological polar surface area (TPSA) is 46.6 Å². The van der Waals surface area contributed by atoms with Crippen molar-refractivity contribution in [3.05, 3.63) is 109 Å². The van der Waals surface area contributed by atoms with Gasteiger partial charge >= 0.3 is 6.09 Å². The van der Waals surface area contributed by atoms with Gasteiger partial charge in [-0.25, -0.2) is 9.69 Å². The molecular formula is C32H41NO3. The van der Waals surface area contributed by atoms with Crippen molar-refractivity contribution in [3.63, 3.8) is 0 Å². The van der Waals surface area contributed by atoms with Crippen LogP contribution in [-0.2, 0) is 9.53 Å². The maximum absolute atomic E-state index is 12.5. The number of cyclic esters (lactones) is 1. The molecule has 192 valence electrons. The second-order valence-corrected chi connectivity index (χ2v) is 8.90. The summed E-state index contributed by atoms with van der Waals surface area (Å²) in [7, 11) is 0. The van der Waals surface area contributed by atoms with Gasteiger partial charge in [0.25, 0.3) is 5.91 Å². The molecule has 2 amide bonds. The molecule has 1 aliphatic heterocycles. The summed E-state index contributed by atoms with van der Waals surface area (Å²) < 4.78 is 5.42. The molecule has 1 fully saturated rings. The normalized spacial score (nSPS) is 18.8. The zero-order chi connectivity index (χ0) is 25.8. The molecule has 0 radical (unpaired) electrons. The Kier molecular flexibility index (Phi) is 14.4. The fraction of sp³-hybridized carbons (Fsp3) is 0.375. The van der Waals surface area contributed by atoms with E-state index in [-0.39, 0.29) is 11.9 Å². The highest BCUT2D eigenvalue weighted by molar-refractivity contribution is 6.00. The summed E-state index contributed by atoms with van der Waals surface area (Å²) in [6.07, 6.45) is 32.2. The maximum atomic E-state index is 12.5. The van der Waals surface area contributed by atoms with Gasteiger partial charge in [0.2, 0.25) is 0 Å². The molecule has 1 aromatic rings. The lowest BCUT2D eigenvalue weighted by Crippen LogP contribution is -2.36. The van der Waals surface area contributed by atoms with Crippen LogP contribution in [0.5, 0.6) is 0 Å². The molecule has 0 aromatic heterocycles. The molecule has 1 aromatic carbocycles. The van der Waals surface area contributed by atoms with E-state index < -0.39 is 12.2 Å². The van der Waals surface area contributed by atoms with E-state index in [4.69, 9.17) is 4.74 Å². The summed E-state index contributed by atoms with van der Waals surface area (Å²) in [6.45, 7) is 4.07. The van der Waals surface area contributed by atoms with Crippen LogP contribution in [0.3, 0.4) is 0 Å². The first-order valence-electron chi connectivity index (χ1n) is 13.2. The predicted octanol–water partition coefficient (Wildman–Crippen LogP) is 8.57. The minimum absolute atomic E-state index is 0.366. The van der Waals surface area contributed by atoms with Gasteiger partial charge in [-0.15, -0.1) is 0 Å². The van der Waals surface area contributed by atoms with E-state index in [1.54, 1.807) is 12.2 Å². The zero-order valence-corrected chi connectivity index (χ0v) is 21.8. The van der Waals surface area contributed by atoms with Gasteiger partial charge in [0, 0.05) is 6.08 Å². The minimum atomic E-state index is -0.610. The van der Waals surface area contributed by atoms with Crippen molar-refractivity contribution in [2.24, 2.45) is 0 Å². The number of carbonyl (C=O) groups is 2. The van der Waals surface area contributed by atoms with E-state index >= 15 is 0 Å². The number of unbranched alkanes of at least 4 members (excludes halogenated alkanes) is 7. The Morgan fingerprint density at radius 2 is 1.36 bits per heavy atom. The standard InChI is InChI=1S/C32H41NO3/c1-3-4-5-6-7-8-9-10-11-12-13-14-15-16-17-18-19-20-24-27-30(34)33-28(2)31(36-32(33)35)29-25-22-21-23-26-29/h11-28,31H,3-10H2,1-2H3/b12-11+,14-13+,16-15+,18-17+,20-19+,27-24+/t28-,31-/m0/s1. The second kappa shape index (κ2) is 18.0. The highest BCUT2D eigenvalue weighted by atomic mass is 16.6. The van der Waals surface area contributed by atoms with Crippen molar-refractivity contribution >= 4 is 12.0 Å². The van der Waals surface area contributed by atoms with Crippen molar-refractivity contribution in [1.82, 2.24) is 4.90 Å². The summed E-state index contributed by atoms with van der Waals surface area (Å²) in [5.74, 6) is -0.385. The first-order valence-corrected chi connectivity index (χ1v) is 13.2. The minimum Gasteiger partial charge on any atom is -0.439 e. The molecule has 0 spiro atoms. The predicted molar refractivity (Wildman–Crippen MR) is 149 cm³/mol. The van der Waals surface area contributed by atoms with Crippen LogP contribution in [0.1, 0.15) is 76.9 Å². The first-order chi connectivity index (χ1) is 17.6. The van der Waals surface area contributed by atoms with Gasteiger partial charge in [0.15, 0.2) is 0 Å². The third-order valence-corrected chi connectivity index (χ3v) is 5.98. The molecule has 0 bridgehead atoms. The lowest BCUT2D eigenvalue weighted by atomic mass is 10.0. The molecule has 2 rings (SSSR count). The van der Waals surface area contributed by atoms with Gasteiger partial charge in [-0.3, -0.25) is 4.79 Å². The Bertz CT molecular complexity index is 953. The molecule has 2 atom stereocenters. The molecule has 0 saturated carbocycles. The fourth-order valence-corrected chi connectivity index (χ4v) is 3.97. The van der Waals surface area contributed by atoms with Crippen LogP contribution in [-0.4, -0.2) is 22.9 Å². The maximum Gasteiger partial charge on any atom is 0.417 e. The zero-order valence-electron chi connectivity index (χ0n) is 21.8. The summed E-state index contributed by atoms with van der Waals surface area (Å²) in [5, 5.41) is 0. The molecule has 0 N–H and O–H groups in total. The van der Waals surface area contributed by atoms with Crippen LogP contribution in [0, 0.1) is 0 Å². The number of amides is 2. The fourth-order valence-electron chi connectivity index (χ4n) is 3.97.